The lowest BCUT2D eigenvalue weighted by molar-refractivity contribution is 0.0698. The fourth-order valence-corrected chi connectivity index (χ4v) is 7.41. The maximum atomic E-state index is 15.3. The number of likely N-dealkylation sites (N-methyl/N-ethyl adjacent to an activating group) is 1. The summed E-state index contributed by atoms with van der Waals surface area (Å²) in [6.45, 7) is 8.16. The van der Waals surface area contributed by atoms with Gasteiger partial charge >= 0.3 is 5.97 Å². The number of carbonyl (C=O) groups excluding carboxylic acids is 1. The molecule has 4 aromatic carbocycles. The Morgan fingerprint density at radius 1 is 0.600 bits per heavy atom. The number of anilines is 1. The summed E-state index contributed by atoms with van der Waals surface area (Å²) in [7, 11) is 5.04. The highest BCUT2D eigenvalue weighted by atomic mass is 19.1. The highest BCUT2D eigenvalue weighted by molar-refractivity contribution is 6.13. The lowest BCUT2D eigenvalue weighted by Gasteiger charge is -2.33. The molecule has 0 aliphatic carbocycles. The summed E-state index contributed by atoms with van der Waals surface area (Å²) in [6.07, 6.45) is 7.17. The number of fused-ring (bicyclic) bond motifs is 2. The Bertz CT molecular complexity index is 2840. The van der Waals surface area contributed by atoms with E-state index in [1.807, 2.05) is 6.07 Å². The van der Waals surface area contributed by atoms with Gasteiger partial charge in [0, 0.05) is 87.0 Å². The molecule has 1 amide bonds. The molecular formula is C46H42F4N8O7. The molecule has 3 aromatic heterocycles. The van der Waals surface area contributed by atoms with Gasteiger partial charge in [-0.15, -0.1) is 0 Å². The van der Waals surface area contributed by atoms with Crippen molar-refractivity contribution in [2.24, 2.45) is 0 Å². The zero-order valence-electron chi connectivity index (χ0n) is 35.8. The van der Waals surface area contributed by atoms with E-state index >= 15 is 8.78 Å². The van der Waals surface area contributed by atoms with Crippen LogP contribution < -0.4 is 24.3 Å². The van der Waals surface area contributed by atoms with Crippen LogP contribution in [-0.4, -0.2) is 113 Å². The molecule has 15 nitrogen and oxygen atoms in total. The van der Waals surface area contributed by atoms with Crippen molar-refractivity contribution in [2.75, 3.05) is 66.5 Å². The normalized spacial score (nSPS) is 12.9. The smallest absolute Gasteiger partial charge is 0.337 e. The molecule has 0 unspecified atom stereocenters. The van der Waals surface area contributed by atoms with Gasteiger partial charge in [0.25, 0.3) is 5.91 Å². The zero-order chi connectivity index (χ0) is 46.4. The first-order chi connectivity index (χ1) is 31.4. The lowest BCUT2D eigenvalue weighted by atomic mass is 9.98. The number of hydrogen-bond acceptors (Lipinski definition) is 13. The average molecular weight is 895 g/mol. The van der Waals surface area contributed by atoms with Gasteiger partial charge in [0.2, 0.25) is 0 Å². The summed E-state index contributed by atoms with van der Waals surface area (Å²) >= 11 is 0. The maximum absolute atomic E-state index is 15.3. The summed E-state index contributed by atoms with van der Waals surface area (Å²) in [4.78, 5) is 50.5. The van der Waals surface area contributed by atoms with Gasteiger partial charge in [-0.1, -0.05) is 25.1 Å². The van der Waals surface area contributed by atoms with Crippen molar-refractivity contribution in [3.63, 3.8) is 0 Å². The van der Waals surface area contributed by atoms with Crippen molar-refractivity contribution in [2.45, 2.75) is 13.5 Å². The monoisotopic (exact) mass is 894 g/mol. The minimum Gasteiger partial charge on any atom is -0.494 e. The van der Waals surface area contributed by atoms with Gasteiger partial charge in [0.15, 0.2) is 46.3 Å². The third-order valence-corrected chi connectivity index (χ3v) is 10.8. The number of carbonyl (C=O) groups is 2. The van der Waals surface area contributed by atoms with E-state index in [0.717, 1.165) is 57.0 Å². The van der Waals surface area contributed by atoms with Crippen molar-refractivity contribution >= 4 is 39.8 Å². The Morgan fingerprint density at radius 3 is 1.45 bits per heavy atom. The molecule has 65 heavy (non-hydrogen) atoms. The Kier molecular flexibility index (Phi) is 13.9. The largest absolute Gasteiger partial charge is 0.494 e. The van der Waals surface area contributed by atoms with Crippen LogP contribution in [0.25, 0.3) is 44.3 Å². The van der Waals surface area contributed by atoms with Gasteiger partial charge in [-0.05, 0) is 30.3 Å². The molecule has 1 saturated heterocycles. The summed E-state index contributed by atoms with van der Waals surface area (Å²) < 4.78 is 80.0. The van der Waals surface area contributed by atoms with Crippen LogP contribution in [0.2, 0.25) is 0 Å². The number of hydrogen-bond donors (Lipinski definition) is 2. The van der Waals surface area contributed by atoms with Crippen LogP contribution >= 0.6 is 0 Å². The summed E-state index contributed by atoms with van der Waals surface area (Å²) in [6, 6.07) is 11.3. The van der Waals surface area contributed by atoms with Gasteiger partial charge in [-0.2, -0.15) is 0 Å². The average Bonchev–Trinajstić information content (AvgIpc) is 3.32. The van der Waals surface area contributed by atoms with Gasteiger partial charge in [0.1, 0.15) is 16.9 Å². The SMILES string of the molecule is CCN1CCN(Cc2ccc(NC(=O)c3ccc(-c4c(F)c(OC)cc(OC)c4F)c4nccnc34)nc2)CC1.COc1cc(OC)c(F)c(-c2ccc(C(=O)O)c3nccnc23)c1F. The maximum Gasteiger partial charge on any atom is 0.337 e. The fourth-order valence-electron chi connectivity index (χ4n) is 7.41. The second-order valence-corrected chi connectivity index (χ2v) is 14.4. The highest BCUT2D eigenvalue weighted by Crippen LogP contribution is 2.41. The van der Waals surface area contributed by atoms with E-state index in [1.165, 1.54) is 77.5 Å². The Hall–Kier alpha value is -7.51. The predicted octanol–water partition coefficient (Wildman–Crippen LogP) is 7.67. The number of halogens is 4. The van der Waals surface area contributed by atoms with Crippen LogP contribution in [0.3, 0.4) is 0 Å². The topological polar surface area (TPSA) is 174 Å². The second-order valence-electron chi connectivity index (χ2n) is 14.4. The standard InChI is InChI=1S/C29H30F2N6O3.C17H12F2N2O4/c1-4-36-11-13-37(14-12-36)17-18-5-8-23(34-16-18)35-29(38)20-7-6-19(27-28(20)33-10-9-32-27)24-25(30)21(39-2)15-22(40-3)26(24)31;1-24-10-7-11(25-2)14(19)12(13(10)18)8-3-4-9(17(22)23)16-15(8)20-5-6-21-16/h5-10,15-16H,4,11-14,17H2,1-3H3,(H,34,35,38);3-7H,1-2H3,(H,22,23). The minimum atomic E-state index is -1.22. The van der Waals surface area contributed by atoms with E-state index in [-0.39, 0.29) is 72.9 Å². The first kappa shape index (κ1) is 45.5. The number of rotatable bonds is 12. The summed E-state index contributed by atoms with van der Waals surface area (Å²) in [5.74, 6) is -5.86. The highest BCUT2D eigenvalue weighted by Gasteiger charge is 2.27. The molecule has 1 fully saturated rings. The van der Waals surface area contributed by atoms with Gasteiger partial charge in [-0.3, -0.25) is 29.6 Å². The number of carboxylic acids is 1. The van der Waals surface area contributed by atoms with Gasteiger partial charge in [-0.25, -0.2) is 27.3 Å². The van der Waals surface area contributed by atoms with Crippen molar-refractivity contribution in [3.05, 3.63) is 119 Å². The number of aromatic nitrogens is 5. The van der Waals surface area contributed by atoms with Crippen molar-refractivity contribution in [3.8, 4) is 45.3 Å². The number of amides is 1. The number of nitrogens with one attached hydrogen (secondary N) is 1. The number of aromatic carboxylic acids is 1. The number of carboxylic acid groups (broad SMARTS) is 1. The predicted molar refractivity (Wildman–Crippen MR) is 233 cm³/mol. The molecule has 1 aliphatic heterocycles. The molecule has 19 heteroatoms. The Morgan fingerprint density at radius 2 is 1.03 bits per heavy atom. The molecule has 2 N–H and O–H groups in total. The summed E-state index contributed by atoms with van der Waals surface area (Å²) in [5, 5.41) is 12.0. The lowest BCUT2D eigenvalue weighted by Crippen LogP contribution is -2.45. The van der Waals surface area contributed by atoms with Crippen LogP contribution in [-0.2, 0) is 6.54 Å². The number of piperazine rings is 1. The van der Waals surface area contributed by atoms with E-state index in [9.17, 15) is 23.5 Å². The van der Waals surface area contributed by atoms with Gasteiger partial charge in [0.05, 0.1) is 61.7 Å². The first-order valence-electron chi connectivity index (χ1n) is 20.0. The summed E-state index contributed by atoms with van der Waals surface area (Å²) in [5.41, 5.74) is 0.848. The van der Waals surface area contributed by atoms with E-state index in [4.69, 9.17) is 18.9 Å². The van der Waals surface area contributed by atoms with Crippen LogP contribution in [0.4, 0.5) is 23.4 Å². The number of pyridine rings is 1. The molecule has 0 spiro atoms. The van der Waals surface area contributed by atoms with Crippen LogP contribution in [0.1, 0.15) is 33.2 Å². The fraction of sp³-hybridized carbons (Fsp3) is 0.239. The Labute approximate surface area is 369 Å². The molecular weight excluding hydrogens is 853 g/mol. The molecule has 0 atom stereocenters. The van der Waals surface area contributed by atoms with E-state index in [2.05, 4.69) is 47.0 Å². The Balaban J connectivity index is 0.000000216. The quantitative estimate of drug-likeness (QED) is 0.114. The van der Waals surface area contributed by atoms with Crippen LogP contribution in [0.15, 0.2) is 79.5 Å². The molecule has 0 saturated carbocycles. The second kappa shape index (κ2) is 19.9. The third-order valence-electron chi connectivity index (χ3n) is 10.8. The molecule has 0 radical (unpaired) electrons. The molecule has 8 rings (SSSR count). The number of ether oxygens (including phenoxy) is 4. The molecule has 4 heterocycles. The zero-order valence-corrected chi connectivity index (χ0v) is 35.8. The third kappa shape index (κ3) is 9.27. The van der Waals surface area contributed by atoms with Crippen molar-refractivity contribution in [1.82, 2.24) is 34.7 Å². The number of methoxy groups -OCH3 is 4. The molecule has 336 valence electrons. The molecule has 7 aromatic rings. The molecule has 1 aliphatic rings. The van der Waals surface area contributed by atoms with Crippen molar-refractivity contribution < 1.29 is 51.2 Å². The molecule has 0 bridgehead atoms. The van der Waals surface area contributed by atoms with Crippen LogP contribution in [0.5, 0.6) is 23.0 Å². The van der Waals surface area contributed by atoms with Crippen LogP contribution in [0, 0.1) is 23.3 Å². The minimum absolute atomic E-state index is 0.0214. The number of nitrogens with zero attached hydrogens (tertiary/aromatic N) is 7. The number of benzene rings is 4. The van der Waals surface area contributed by atoms with E-state index in [1.54, 1.807) is 12.3 Å². The van der Waals surface area contributed by atoms with Gasteiger partial charge < -0.3 is 34.3 Å². The van der Waals surface area contributed by atoms with Crippen molar-refractivity contribution in [1.29, 1.82) is 0 Å². The first-order valence-corrected chi connectivity index (χ1v) is 20.0. The van der Waals surface area contributed by atoms with E-state index in [0.29, 0.717) is 5.82 Å². The van der Waals surface area contributed by atoms with E-state index < -0.39 is 40.7 Å².